The van der Waals surface area contributed by atoms with Gasteiger partial charge in [0.05, 0.1) is 11.3 Å². The fourth-order valence-electron chi connectivity index (χ4n) is 2.47. The first-order valence-corrected chi connectivity index (χ1v) is 9.04. The van der Waals surface area contributed by atoms with Crippen LogP contribution in [0.3, 0.4) is 0 Å². The normalized spacial score (nSPS) is 10.7. The standard InChI is InChI=1S/C21H17FN2O2S/c1-23-21(26)17-4-2-3-5-18(17)24-20(25)13-11-16-10-12-19(27-16)14-6-8-15(22)9-7-14/h2-13H,1H3,(H,23,26)(H,24,25). The fourth-order valence-corrected chi connectivity index (χ4v) is 3.38. The number of para-hydroxylation sites is 1. The van der Waals surface area contributed by atoms with E-state index in [1.807, 2.05) is 12.1 Å². The van der Waals surface area contributed by atoms with Gasteiger partial charge < -0.3 is 10.6 Å². The molecule has 3 aromatic rings. The number of benzene rings is 2. The van der Waals surface area contributed by atoms with Crippen LogP contribution in [0.4, 0.5) is 10.1 Å². The van der Waals surface area contributed by atoms with E-state index in [1.54, 1.807) is 42.5 Å². The maximum atomic E-state index is 13.0. The Hall–Kier alpha value is -3.25. The number of thiophene rings is 1. The van der Waals surface area contributed by atoms with Crippen LogP contribution in [0.25, 0.3) is 16.5 Å². The van der Waals surface area contributed by atoms with Crippen LogP contribution in [0, 0.1) is 5.82 Å². The van der Waals surface area contributed by atoms with E-state index in [1.165, 1.54) is 36.6 Å². The molecule has 0 unspecified atom stereocenters. The van der Waals surface area contributed by atoms with E-state index in [4.69, 9.17) is 0 Å². The van der Waals surface area contributed by atoms with Crippen molar-refractivity contribution in [2.24, 2.45) is 0 Å². The molecule has 27 heavy (non-hydrogen) atoms. The van der Waals surface area contributed by atoms with E-state index < -0.39 is 0 Å². The number of amides is 2. The van der Waals surface area contributed by atoms with Crippen LogP contribution in [0.5, 0.6) is 0 Å². The Morgan fingerprint density at radius 2 is 1.74 bits per heavy atom. The summed E-state index contributed by atoms with van der Waals surface area (Å²) in [5.74, 6) is -0.871. The van der Waals surface area contributed by atoms with Gasteiger partial charge >= 0.3 is 0 Å². The van der Waals surface area contributed by atoms with Gasteiger partial charge in [-0.15, -0.1) is 11.3 Å². The minimum atomic E-state index is -0.330. The molecule has 0 saturated carbocycles. The van der Waals surface area contributed by atoms with Crippen LogP contribution < -0.4 is 10.6 Å². The summed E-state index contributed by atoms with van der Waals surface area (Å²) in [7, 11) is 1.54. The third-order valence-corrected chi connectivity index (χ3v) is 4.91. The average molecular weight is 380 g/mol. The monoisotopic (exact) mass is 380 g/mol. The van der Waals surface area contributed by atoms with E-state index in [-0.39, 0.29) is 17.6 Å². The van der Waals surface area contributed by atoms with Crippen LogP contribution >= 0.6 is 11.3 Å². The number of hydrogen-bond donors (Lipinski definition) is 2. The van der Waals surface area contributed by atoms with Crippen molar-refractivity contribution < 1.29 is 14.0 Å². The maximum Gasteiger partial charge on any atom is 0.253 e. The average Bonchev–Trinajstić information content (AvgIpc) is 3.16. The molecule has 3 rings (SSSR count). The van der Waals surface area contributed by atoms with Gasteiger partial charge in [0, 0.05) is 22.9 Å². The molecule has 0 spiro atoms. The second-order valence-corrected chi connectivity index (χ2v) is 6.77. The van der Waals surface area contributed by atoms with Crippen molar-refractivity contribution >= 4 is 34.9 Å². The lowest BCUT2D eigenvalue weighted by atomic mass is 10.1. The molecule has 0 aliphatic carbocycles. The molecular formula is C21H17FN2O2S. The summed E-state index contributed by atoms with van der Waals surface area (Å²) in [6.45, 7) is 0. The van der Waals surface area contributed by atoms with Gasteiger partial charge in [-0.3, -0.25) is 9.59 Å². The van der Waals surface area contributed by atoms with E-state index in [0.29, 0.717) is 11.3 Å². The number of hydrogen-bond acceptors (Lipinski definition) is 3. The highest BCUT2D eigenvalue weighted by Gasteiger charge is 2.10. The number of nitrogens with one attached hydrogen (secondary N) is 2. The second-order valence-electron chi connectivity index (χ2n) is 5.66. The van der Waals surface area contributed by atoms with Gasteiger partial charge in [-0.2, -0.15) is 0 Å². The molecule has 0 aliphatic heterocycles. The van der Waals surface area contributed by atoms with Gasteiger partial charge in [-0.05, 0) is 48.0 Å². The summed E-state index contributed by atoms with van der Waals surface area (Å²) in [5, 5.41) is 5.26. The second kappa shape index (κ2) is 8.42. The third-order valence-electron chi connectivity index (χ3n) is 3.81. The van der Waals surface area contributed by atoms with Crippen molar-refractivity contribution in [3.8, 4) is 10.4 Å². The first-order chi connectivity index (χ1) is 13.1. The Labute approximate surface area is 160 Å². The largest absolute Gasteiger partial charge is 0.355 e. The van der Waals surface area contributed by atoms with Crippen molar-refractivity contribution in [2.75, 3.05) is 12.4 Å². The van der Waals surface area contributed by atoms with E-state index >= 15 is 0 Å². The van der Waals surface area contributed by atoms with Crippen molar-refractivity contribution in [3.05, 3.63) is 83.0 Å². The van der Waals surface area contributed by atoms with Gasteiger partial charge in [0.1, 0.15) is 5.82 Å². The van der Waals surface area contributed by atoms with Gasteiger partial charge in [0.25, 0.3) is 5.91 Å². The maximum absolute atomic E-state index is 13.0. The number of carbonyl (C=O) groups excluding carboxylic acids is 2. The summed E-state index contributed by atoms with van der Waals surface area (Å²) in [6, 6.07) is 16.9. The molecular weight excluding hydrogens is 363 g/mol. The van der Waals surface area contributed by atoms with Crippen LogP contribution in [-0.4, -0.2) is 18.9 Å². The molecule has 1 aromatic heterocycles. The topological polar surface area (TPSA) is 58.2 Å². The summed E-state index contributed by atoms with van der Waals surface area (Å²) >= 11 is 1.50. The molecule has 0 saturated heterocycles. The van der Waals surface area contributed by atoms with Crippen LogP contribution in [-0.2, 0) is 4.79 Å². The number of carbonyl (C=O) groups is 2. The predicted molar refractivity (Wildman–Crippen MR) is 107 cm³/mol. The molecule has 2 aromatic carbocycles. The van der Waals surface area contributed by atoms with Crippen molar-refractivity contribution in [2.45, 2.75) is 0 Å². The smallest absolute Gasteiger partial charge is 0.253 e. The highest BCUT2D eigenvalue weighted by molar-refractivity contribution is 7.16. The molecule has 1 heterocycles. The van der Waals surface area contributed by atoms with Crippen LogP contribution in [0.1, 0.15) is 15.2 Å². The minimum absolute atomic E-state index is 0.267. The lowest BCUT2D eigenvalue weighted by molar-refractivity contribution is -0.111. The molecule has 0 radical (unpaired) electrons. The van der Waals surface area contributed by atoms with Crippen molar-refractivity contribution in [1.29, 1.82) is 0 Å². The zero-order chi connectivity index (χ0) is 19.2. The van der Waals surface area contributed by atoms with Gasteiger partial charge in [-0.1, -0.05) is 24.3 Å². The lowest BCUT2D eigenvalue weighted by Crippen LogP contribution is -2.20. The number of halogens is 1. The molecule has 0 bridgehead atoms. The summed E-state index contributed by atoms with van der Waals surface area (Å²) < 4.78 is 13.0. The van der Waals surface area contributed by atoms with Gasteiger partial charge in [0.2, 0.25) is 5.91 Å². The zero-order valence-electron chi connectivity index (χ0n) is 14.5. The molecule has 136 valence electrons. The highest BCUT2D eigenvalue weighted by atomic mass is 32.1. The fraction of sp³-hybridized carbons (Fsp3) is 0.0476. The molecule has 0 atom stereocenters. The molecule has 4 nitrogen and oxygen atoms in total. The Kier molecular flexibility index (Phi) is 5.78. The number of rotatable bonds is 5. The predicted octanol–water partition coefficient (Wildman–Crippen LogP) is 4.57. The van der Waals surface area contributed by atoms with Crippen molar-refractivity contribution in [3.63, 3.8) is 0 Å². The Balaban J connectivity index is 1.69. The summed E-state index contributed by atoms with van der Waals surface area (Å²) in [5.41, 5.74) is 1.77. The summed E-state index contributed by atoms with van der Waals surface area (Å²) in [6.07, 6.45) is 3.12. The van der Waals surface area contributed by atoms with Gasteiger partial charge in [-0.25, -0.2) is 4.39 Å². The minimum Gasteiger partial charge on any atom is -0.355 e. The Bertz CT molecular complexity index is 993. The Morgan fingerprint density at radius 1 is 1.00 bits per heavy atom. The molecule has 0 fully saturated rings. The molecule has 2 amide bonds. The molecule has 6 heteroatoms. The SMILES string of the molecule is CNC(=O)c1ccccc1NC(=O)C=Cc1ccc(-c2ccc(F)cc2)s1. The van der Waals surface area contributed by atoms with E-state index in [9.17, 15) is 14.0 Å². The first kappa shape index (κ1) is 18.5. The quantitative estimate of drug-likeness (QED) is 0.637. The van der Waals surface area contributed by atoms with Crippen LogP contribution in [0.15, 0.2) is 66.7 Å². The first-order valence-electron chi connectivity index (χ1n) is 8.23. The lowest BCUT2D eigenvalue weighted by Gasteiger charge is -2.08. The summed E-state index contributed by atoms with van der Waals surface area (Å²) in [4.78, 5) is 25.9. The molecule has 0 aliphatic rings. The van der Waals surface area contributed by atoms with Crippen LogP contribution in [0.2, 0.25) is 0 Å². The van der Waals surface area contributed by atoms with E-state index in [2.05, 4.69) is 10.6 Å². The zero-order valence-corrected chi connectivity index (χ0v) is 15.3. The number of anilines is 1. The van der Waals surface area contributed by atoms with E-state index in [0.717, 1.165) is 15.3 Å². The van der Waals surface area contributed by atoms with Crippen molar-refractivity contribution in [1.82, 2.24) is 5.32 Å². The van der Waals surface area contributed by atoms with Gasteiger partial charge in [0.15, 0.2) is 0 Å². The highest BCUT2D eigenvalue weighted by Crippen LogP contribution is 2.29. The third kappa shape index (κ3) is 4.68. The Morgan fingerprint density at radius 3 is 2.48 bits per heavy atom. The molecule has 2 N–H and O–H groups in total.